The number of aromatic nitrogens is 4. The van der Waals surface area contributed by atoms with E-state index in [1.807, 2.05) is 110 Å². The molecule has 0 fully saturated rings. The first-order valence-corrected chi connectivity index (χ1v) is 16.4. The Morgan fingerprint density at radius 1 is 0.340 bits per heavy atom. The van der Waals surface area contributed by atoms with E-state index in [0.29, 0.717) is 0 Å². The summed E-state index contributed by atoms with van der Waals surface area (Å²) in [5, 5.41) is 1.98. The van der Waals surface area contributed by atoms with Gasteiger partial charge in [0.2, 0.25) is 0 Å². The molecule has 10 aromatic rings. The molecule has 0 bridgehead atoms. The van der Waals surface area contributed by atoms with E-state index in [9.17, 15) is 0 Å². The van der Waals surface area contributed by atoms with Gasteiger partial charge in [-0.3, -0.25) is 19.9 Å². The molecular weight excluding hydrogens is 617 g/mol. The molecule has 0 aliphatic rings. The second kappa shape index (κ2) is 11.4. The molecule has 0 spiro atoms. The molecule has 0 unspecified atom stereocenters. The van der Waals surface area contributed by atoms with Crippen LogP contribution in [-0.2, 0) is 0 Å². The lowest BCUT2D eigenvalue weighted by atomic mass is 9.90. The smallest absolute Gasteiger partial charge is 0.161 e. The fourth-order valence-electron chi connectivity index (χ4n) is 6.99. The molecule has 6 heterocycles. The second-order valence-corrected chi connectivity index (χ2v) is 12.3. The molecule has 6 heteroatoms. The Morgan fingerprint density at radius 3 is 1.18 bits per heavy atom. The molecule has 0 aliphatic heterocycles. The zero-order valence-electron chi connectivity index (χ0n) is 26.6. The van der Waals surface area contributed by atoms with Crippen LogP contribution in [0.25, 0.3) is 99.8 Å². The SMILES string of the molecule is c1ccc2c(c1)oc1c(-c3cc(-c4cc(-c5ccncc5)cc(-c5ccncc5)c4)cc(-c4ccnc5c4oc4ccccc45)c3)ccnc12. The van der Waals surface area contributed by atoms with Crippen molar-refractivity contribution in [3.8, 4) is 55.6 Å². The molecule has 0 saturated carbocycles. The summed E-state index contributed by atoms with van der Waals surface area (Å²) in [4.78, 5) is 18.0. The van der Waals surface area contributed by atoms with E-state index in [0.717, 1.165) is 99.8 Å². The molecule has 6 nitrogen and oxygen atoms in total. The van der Waals surface area contributed by atoms with E-state index >= 15 is 0 Å². The quantitative estimate of drug-likeness (QED) is 0.186. The minimum Gasteiger partial charge on any atom is -0.454 e. The number of para-hydroxylation sites is 2. The van der Waals surface area contributed by atoms with Crippen LogP contribution in [0.5, 0.6) is 0 Å². The number of rotatable bonds is 5. The van der Waals surface area contributed by atoms with Crippen LogP contribution in [-0.4, -0.2) is 19.9 Å². The van der Waals surface area contributed by atoms with Crippen molar-refractivity contribution in [1.29, 1.82) is 0 Å². The number of furan rings is 2. The number of pyridine rings is 4. The lowest BCUT2D eigenvalue weighted by Crippen LogP contribution is -1.90. The van der Waals surface area contributed by atoms with Gasteiger partial charge in [-0.1, -0.05) is 24.3 Å². The van der Waals surface area contributed by atoms with E-state index < -0.39 is 0 Å². The first-order valence-electron chi connectivity index (χ1n) is 16.4. The predicted octanol–water partition coefficient (Wildman–Crippen LogP) is 11.4. The summed E-state index contributed by atoms with van der Waals surface area (Å²) in [5.41, 5.74) is 15.2. The van der Waals surface area contributed by atoms with Gasteiger partial charge < -0.3 is 8.83 Å². The number of nitrogens with zero attached hydrogens (tertiary/aromatic N) is 4. The average molecular weight is 643 g/mol. The molecule has 0 amide bonds. The number of hydrogen-bond donors (Lipinski definition) is 0. The Labute approximate surface area is 286 Å². The summed E-state index contributed by atoms with van der Waals surface area (Å²) < 4.78 is 13.0. The summed E-state index contributed by atoms with van der Waals surface area (Å²) >= 11 is 0. The lowest BCUT2D eigenvalue weighted by Gasteiger charge is -2.14. The van der Waals surface area contributed by atoms with Gasteiger partial charge in [0.05, 0.1) is 0 Å². The van der Waals surface area contributed by atoms with Crippen LogP contribution < -0.4 is 0 Å². The third-order valence-corrected chi connectivity index (χ3v) is 9.37. The zero-order chi connectivity index (χ0) is 33.0. The maximum Gasteiger partial charge on any atom is 0.161 e. The van der Waals surface area contributed by atoms with Gasteiger partial charge in [0, 0.05) is 59.1 Å². The topological polar surface area (TPSA) is 77.8 Å². The maximum atomic E-state index is 6.49. The Hall–Kier alpha value is -6.92. The van der Waals surface area contributed by atoms with Crippen LogP contribution in [0.2, 0.25) is 0 Å². The summed E-state index contributed by atoms with van der Waals surface area (Å²) in [6.45, 7) is 0. The minimum absolute atomic E-state index is 0.753. The zero-order valence-corrected chi connectivity index (χ0v) is 26.6. The first-order chi connectivity index (χ1) is 24.8. The van der Waals surface area contributed by atoms with E-state index in [2.05, 4.69) is 58.5 Å². The standard InChI is InChI=1S/C44H26N4O2/c1-3-7-39-37(5-1)41-43(49-39)35(13-19-47-41)33-24-32(25-34(26-33)36-14-20-48-42-38-6-2-4-8-40(38)50-44(36)42)31-22-29(27-9-15-45-16-10-27)21-30(23-31)28-11-17-46-18-12-28/h1-26H. The first kappa shape index (κ1) is 28.1. The van der Waals surface area contributed by atoms with Crippen molar-refractivity contribution >= 4 is 44.1 Å². The second-order valence-electron chi connectivity index (χ2n) is 12.3. The van der Waals surface area contributed by atoms with Crippen molar-refractivity contribution in [2.75, 3.05) is 0 Å². The molecule has 0 N–H and O–H groups in total. The van der Waals surface area contributed by atoms with Crippen LogP contribution in [0.1, 0.15) is 0 Å². The van der Waals surface area contributed by atoms with E-state index in [1.54, 1.807) is 0 Å². The molecule has 4 aromatic carbocycles. The van der Waals surface area contributed by atoms with Crippen LogP contribution in [0.15, 0.2) is 167 Å². The lowest BCUT2D eigenvalue weighted by molar-refractivity contribution is 0.669. The minimum atomic E-state index is 0.753. The number of benzene rings is 4. The Balaban J connectivity index is 1.26. The van der Waals surface area contributed by atoms with Crippen LogP contribution in [0.3, 0.4) is 0 Å². The fraction of sp³-hybridized carbons (Fsp3) is 0. The Kier molecular flexibility index (Phi) is 6.39. The summed E-state index contributed by atoms with van der Waals surface area (Å²) in [6.07, 6.45) is 11.0. The van der Waals surface area contributed by atoms with Gasteiger partial charge in [-0.2, -0.15) is 0 Å². The van der Waals surface area contributed by atoms with Crippen molar-refractivity contribution in [3.63, 3.8) is 0 Å². The van der Waals surface area contributed by atoms with E-state index in [4.69, 9.17) is 18.8 Å². The van der Waals surface area contributed by atoms with E-state index in [1.165, 1.54) is 0 Å². The van der Waals surface area contributed by atoms with Crippen molar-refractivity contribution in [2.45, 2.75) is 0 Å². The van der Waals surface area contributed by atoms with Crippen LogP contribution in [0, 0.1) is 0 Å². The molecule has 6 aromatic heterocycles. The van der Waals surface area contributed by atoms with Gasteiger partial charge in [0.15, 0.2) is 11.2 Å². The van der Waals surface area contributed by atoms with Gasteiger partial charge >= 0.3 is 0 Å². The van der Waals surface area contributed by atoms with Crippen molar-refractivity contribution < 1.29 is 8.83 Å². The van der Waals surface area contributed by atoms with Crippen molar-refractivity contribution in [3.05, 3.63) is 159 Å². The Bertz CT molecular complexity index is 2690. The average Bonchev–Trinajstić information content (AvgIpc) is 3.77. The normalized spacial score (nSPS) is 11.6. The largest absolute Gasteiger partial charge is 0.454 e. The molecule has 50 heavy (non-hydrogen) atoms. The highest BCUT2D eigenvalue weighted by Gasteiger charge is 2.19. The maximum absolute atomic E-state index is 6.49. The summed E-state index contributed by atoms with van der Waals surface area (Å²) in [6, 6.07) is 41.7. The third-order valence-electron chi connectivity index (χ3n) is 9.37. The third kappa shape index (κ3) is 4.65. The molecule has 10 rings (SSSR count). The summed E-state index contributed by atoms with van der Waals surface area (Å²) in [5.74, 6) is 0. The number of fused-ring (bicyclic) bond motifs is 6. The molecule has 0 aliphatic carbocycles. The van der Waals surface area contributed by atoms with Crippen molar-refractivity contribution in [2.24, 2.45) is 0 Å². The van der Waals surface area contributed by atoms with Crippen LogP contribution in [0.4, 0.5) is 0 Å². The Morgan fingerprint density at radius 2 is 0.720 bits per heavy atom. The van der Waals surface area contributed by atoms with E-state index in [-0.39, 0.29) is 0 Å². The highest BCUT2D eigenvalue weighted by Crippen LogP contribution is 2.42. The summed E-state index contributed by atoms with van der Waals surface area (Å²) in [7, 11) is 0. The predicted molar refractivity (Wildman–Crippen MR) is 199 cm³/mol. The fourth-order valence-corrected chi connectivity index (χ4v) is 6.99. The molecule has 234 valence electrons. The van der Waals surface area contributed by atoms with Crippen LogP contribution >= 0.6 is 0 Å². The van der Waals surface area contributed by atoms with Gasteiger partial charge in [-0.15, -0.1) is 0 Å². The van der Waals surface area contributed by atoms with Crippen molar-refractivity contribution in [1.82, 2.24) is 19.9 Å². The molecular formula is C44H26N4O2. The van der Waals surface area contributed by atoms with Gasteiger partial charge in [-0.25, -0.2) is 0 Å². The molecule has 0 saturated heterocycles. The monoisotopic (exact) mass is 642 g/mol. The highest BCUT2D eigenvalue weighted by atomic mass is 16.3. The number of hydrogen-bond acceptors (Lipinski definition) is 6. The molecule has 0 radical (unpaired) electrons. The van der Waals surface area contributed by atoms with Gasteiger partial charge in [0.25, 0.3) is 0 Å². The molecule has 0 atom stereocenters. The highest BCUT2D eigenvalue weighted by molar-refractivity contribution is 6.09. The van der Waals surface area contributed by atoms with Gasteiger partial charge in [-0.05, 0) is 142 Å². The van der Waals surface area contributed by atoms with Gasteiger partial charge in [0.1, 0.15) is 22.2 Å².